The summed E-state index contributed by atoms with van der Waals surface area (Å²) in [6, 6.07) is 0.0224. The molecule has 1 heterocycles. The van der Waals surface area contributed by atoms with E-state index in [0.717, 1.165) is 6.54 Å². The van der Waals surface area contributed by atoms with Crippen LogP contribution in [0.25, 0.3) is 0 Å². The average Bonchev–Trinajstić information content (AvgIpc) is 2.41. The Morgan fingerprint density at radius 2 is 2.00 bits per heavy atom. The molecular formula is C8H15NO2. The molecular weight excluding hydrogens is 142 g/mol. The molecule has 2 atom stereocenters. The average molecular weight is 157 g/mol. The molecule has 1 rings (SSSR count). The summed E-state index contributed by atoms with van der Waals surface area (Å²) in [4.78, 5) is 13.1. The zero-order chi connectivity index (χ0) is 8.65. The molecule has 0 saturated carbocycles. The van der Waals surface area contributed by atoms with Gasteiger partial charge in [0, 0.05) is 6.54 Å². The Morgan fingerprint density at radius 3 is 2.27 bits per heavy atom. The molecule has 0 bridgehead atoms. The van der Waals surface area contributed by atoms with Crippen molar-refractivity contribution in [2.75, 3.05) is 13.6 Å². The van der Waals surface area contributed by atoms with Gasteiger partial charge in [0.2, 0.25) is 0 Å². The molecule has 0 spiro atoms. The second kappa shape index (κ2) is 2.48. The van der Waals surface area contributed by atoms with Crippen LogP contribution in [0.15, 0.2) is 0 Å². The molecule has 0 radical (unpaired) electrons. The van der Waals surface area contributed by atoms with Gasteiger partial charge in [-0.1, -0.05) is 0 Å². The minimum atomic E-state index is -0.347. The first-order valence-electron chi connectivity index (χ1n) is 3.83. The predicted octanol–water partition coefficient (Wildman–Crippen LogP) is 0.642. The van der Waals surface area contributed by atoms with Crippen LogP contribution in [-0.4, -0.2) is 36.1 Å². The predicted molar refractivity (Wildman–Crippen MR) is 42.3 cm³/mol. The van der Waals surface area contributed by atoms with Crippen molar-refractivity contribution in [1.29, 1.82) is 0 Å². The molecule has 64 valence electrons. The molecule has 1 aliphatic rings. The molecule has 0 aromatic heterocycles. The standard InChI is InChI=1S/C8H15NO2/c1-8(2,3)11-7(10)6-5-9(6)4/h6H,5H2,1-4H3. The van der Waals surface area contributed by atoms with E-state index in [4.69, 9.17) is 4.74 Å². The number of nitrogens with zero attached hydrogens (tertiary/aromatic N) is 1. The van der Waals surface area contributed by atoms with Crippen LogP contribution in [0.3, 0.4) is 0 Å². The third-order valence-corrected chi connectivity index (χ3v) is 1.54. The van der Waals surface area contributed by atoms with Gasteiger partial charge in [0.1, 0.15) is 11.6 Å². The number of hydrogen-bond donors (Lipinski definition) is 0. The molecule has 0 amide bonds. The van der Waals surface area contributed by atoms with Gasteiger partial charge in [0.15, 0.2) is 0 Å². The number of carbonyl (C=O) groups excluding carboxylic acids is 1. The third kappa shape index (κ3) is 2.50. The molecule has 0 N–H and O–H groups in total. The van der Waals surface area contributed by atoms with Gasteiger partial charge in [-0.3, -0.25) is 9.69 Å². The van der Waals surface area contributed by atoms with E-state index >= 15 is 0 Å². The summed E-state index contributed by atoms with van der Waals surface area (Å²) in [5, 5.41) is 0. The summed E-state index contributed by atoms with van der Waals surface area (Å²) in [6.07, 6.45) is 0. The minimum absolute atomic E-state index is 0.0224. The third-order valence-electron chi connectivity index (χ3n) is 1.54. The first-order chi connectivity index (χ1) is 4.90. The Morgan fingerprint density at radius 1 is 1.55 bits per heavy atom. The molecule has 3 heteroatoms. The van der Waals surface area contributed by atoms with Gasteiger partial charge in [0.25, 0.3) is 0 Å². The van der Waals surface area contributed by atoms with E-state index in [1.807, 2.05) is 32.7 Å². The van der Waals surface area contributed by atoms with Gasteiger partial charge in [-0.25, -0.2) is 0 Å². The molecule has 2 unspecified atom stereocenters. The van der Waals surface area contributed by atoms with E-state index in [1.165, 1.54) is 0 Å². The van der Waals surface area contributed by atoms with Crippen LogP contribution in [0, 0.1) is 0 Å². The van der Waals surface area contributed by atoms with Crippen molar-refractivity contribution in [2.45, 2.75) is 32.4 Å². The monoisotopic (exact) mass is 157 g/mol. The van der Waals surface area contributed by atoms with E-state index < -0.39 is 0 Å². The summed E-state index contributed by atoms with van der Waals surface area (Å²) < 4.78 is 5.15. The number of hydrogen-bond acceptors (Lipinski definition) is 3. The molecule has 0 aliphatic carbocycles. The fraction of sp³-hybridized carbons (Fsp3) is 0.875. The first kappa shape index (κ1) is 8.53. The second-order valence-corrected chi connectivity index (χ2v) is 3.99. The molecule has 11 heavy (non-hydrogen) atoms. The van der Waals surface area contributed by atoms with Crippen LogP contribution in [0.5, 0.6) is 0 Å². The van der Waals surface area contributed by atoms with E-state index in [2.05, 4.69) is 0 Å². The molecule has 1 saturated heterocycles. The lowest BCUT2D eigenvalue weighted by Gasteiger charge is -2.19. The quantitative estimate of drug-likeness (QED) is 0.413. The van der Waals surface area contributed by atoms with E-state index in [0.29, 0.717) is 0 Å². The smallest absolute Gasteiger partial charge is 0.325 e. The van der Waals surface area contributed by atoms with E-state index in [-0.39, 0.29) is 17.6 Å². The van der Waals surface area contributed by atoms with Crippen molar-refractivity contribution < 1.29 is 9.53 Å². The maximum absolute atomic E-state index is 11.2. The van der Waals surface area contributed by atoms with Crippen LogP contribution < -0.4 is 0 Å². The Labute approximate surface area is 67.3 Å². The van der Waals surface area contributed by atoms with Crippen LogP contribution in [-0.2, 0) is 9.53 Å². The Balaban J connectivity index is 2.33. The maximum atomic E-state index is 11.2. The van der Waals surface area contributed by atoms with E-state index in [9.17, 15) is 4.79 Å². The Hall–Kier alpha value is -0.570. The summed E-state index contributed by atoms with van der Waals surface area (Å²) in [5.74, 6) is -0.0972. The van der Waals surface area contributed by atoms with Crippen molar-refractivity contribution in [3.63, 3.8) is 0 Å². The van der Waals surface area contributed by atoms with Crippen LogP contribution in [0.4, 0.5) is 0 Å². The number of ether oxygens (including phenoxy) is 1. The number of rotatable bonds is 1. The summed E-state index contributed by atoms with van der Waals surface area (Å²) in [6.45, 7) is 6.49. The lowest BCUT2D eigenvalue weighted by Crippen LogP contribution is -2.27. The summed E-state index contributed by atoms with van der Waals surface area (Å²) in [5.41, 5.74) is -0.347. The van der Waals surface area contributed by atoms with Gasteiger partial charge in [0.05, 0.1) is 0 Å². The second-order valence-electron chi connectivity index (χ2n) is 3.99. The van der Waals surface area contributed by atoms with Crippen LogP contribution >= 0.6 is 0 Å². The normalized spacial score (nSPS) is 29.8. The summed E-state index contributed by atoms with van der Waals surface area (Å²) >= 11 is 0. The lowest BCUT2D eigenvalue weighted by molar-refractivity contribution is -0.154. The SMILES string of the molecule is CN1CC1C(=O)OC(C)(C)C. The fourth-order valence-electron chi connectivity index (χ4n) is 0.850. The van der Waals surface area contributed by atoms with Gasteiger partial charge >= 0.3 is 5.97 Å². The van der Waals surface area contributed by atoms with Crippen LogP contribution in [0.1, 0.15) is 20.8 Å². The number of likely N-dealkylation sites (N-methyl/N-ethyl adjacent to an activating group) is 1. The van der Waals surface area contributed by atoms with Crippen molar-refractivity contribution in [3.05, 3.63) is 0 Å². The number of carbonyl (C=O) groups is 1. The fourth-order valence-corrected chi connectivity index (χ4v) is 0.850. The maximum Gasteiger partial charge on any atom is 0.325 e. The minimum Gasteiger partial charge on any atom is -0.459 e. The molecule has 1 aliphatic heterocycles. The highest BCUT2D eigenvalue weighted by Gasteiger charge is 2.39. The van der Waals surface area contributed by atoms with Gasteiger partial charge in [-0.2, -0.15) is 0 Å². The van der Waals surface area contributed by atoms with Crippen molar-refractivity contribution >= 4 is 5.97 Å². The Kier molecular flexibility index (Phi) is 1.92. The molecule has 0 aromatic rings. The topological polar surface area (TPSA) is 29.3 Å². The van der Waals surface area contributed by atoms with Gasteiger partial charge in [-0.05, 0) is 27.8 Å². The highest BCUT2D eigenvalue weighted by molar-refractivity contribution is 5.79. The van der Waals surface area contributed by atoms with Crippen molar-refractivity contribution in [3.8, 4) is 0 Å². The van der Waals surface area contributed by atoms with Gasteiger partial charge < -0.3 is 4.74 Å². The number of esters is 1. The molecule has 0 aromatic carbocycles. The summed E-state index contributed by atoms with van der Waals surface area (Å²) in [7, 11) is 1.91. The largest absolute Gasteiger partial charge is 0.459 e. The highest BCUT2D eigenvalue weighted by atomic mass is 16.6. The Bertz CT molecular complexity index is 171. The zero-order valence-electron chi connectivity index (χ0n) is 7.55. The van der Waals surface area contributed by atoms with Gasteiger partial charge in [-0.15, -0.1) is 0 Å². The lowest BCUT2D eigenvalue weighted by atomic mass is 10.2. The molecule has 3 nitrogen and oxygen atoms in total. The van der Waals surface area contributed by atoms with Crippen molar-refractivity contribution in [2.24, 2.45) is 0 Å². The zero-order valence-corrected chi connectivity index (χ0v) is 7.55. The van der Waals surface area contributed by atoms with Crippen molar-refractivity contribution in [1.82, 2.24) is 4.90 Å². The highest BCUT2D eigenvalue weighted by Crippen LogP contribution is 2.18. The first-order valence-corrected chi connectivity index (χ1v) is 3.83. The molecule has 1 fully saturated rings. The van der Waals surface area contributed by atoms with Crippen LogP contribution in [0.2, 0.25) is 0 Å². The van der Waals surface area contributed by atoms with E-state index in [1.54, 1.807) is 0 Å².